The molecule has 2 aromatic rings. The Morgan fingerprint density at radius 1 is 1.43 bits per heavy atom. The first kappa shape index (κ1) is 16.3. The molecule has 0 aromatic carbocycles. The lowest BCUT2D eigenvalue weighted by Crippen LogP contribution is -2.18. The van der Waals surface area contributed by atoms with Crippen LogP contribution in [0.2, 0.25) is 0 Å². The number of aromatic nitrogens is 3. The minimum absolute atomic E-state index is 0.739. The molecule has 1 N–H and O–H groups in total. The van der Waals surface area contributed by atoms with Crippen LogP contribution in [0.5, 0.6) is 0 Å². The molecule has 2 rings (SSSR count). The van der Waals surface area contributed by atoms with Gasteiger partial charge in [-0.15, -0.1) is 0 Å². The SMILES string of the molecule is CCc1nn(C)c(Cn2ccc(CNCCOC)c2)c1Br. The van der Waals surface area contributed by atoms with Crippen LogP contribution in [0.15, 0.2) is 22.9 Å². The minimum Gasteiger partial charge on any atom is -0.383 e. The summed E-state index contributed by atoms with van der Waals surface area (Å²) in [6.07, 6.45) is 5.22. The van der Waals surface area contributed by atoms with Crippen molar-refractivity contribution in [3.05, 3.63) is 39.9 Å². The summed E-state index contributed by atoms with van der Waals surface area (Å²) in [5, 5.41) is 7.88. The first-order valence-corrected chi connectivity index (χ1v) is 7.99. The van der Waals surface area contributed by atoms with Gasteiger partial charge in [0.1, 0.15) is 0 Å². The minimum atomic E-state index is 0.739. The lowest BCUT2D eigenvalue weighted by atomic mass is 10.3. The van der Waals surface area contributed by atoms with E-state index < -0.39 is 0 Å². The highest BCUT2D eigenvalue weighted by molar-refractivity contribution is 9.10. The van der Waals surface area contributed by atoms with Gasteiger partial charge in [-0.05, 0) is 34.0 Å². The van der Waals surface area contributed by atoms with E-state index in [-0.39, 0.29) is 0 Å². The van der Waals surface area contributed by atoms with Crippen molar-refractivity contribution in [3.63, 3.8) is 0 Å². The van der Waals surface area contributed by atoms with Crippen molar-refractivity contribution < 1.29 is 4.74 Å². The fourth-order valence-electron chi connectivity index (χ4n) is 2.26. The van der Waals surface area contributed by atoms with Crippen molar-refractivity contribution in [2.45, 2.75) is 26.4 Å². The Bertz CT molecular complexity index is 576. The maximum atomic E-state index is 5.02. The average molecular weight is 355 g/mol. The topological polar surface area (TPSA) is 44.0 Å². The van der Waals surface area contributed by atoms with E-state index in [0.29, 0.717) is 0 Å². The molecule has 2 heterocycles. The number of hydrogen-bond donors (Lipinski definition) is 1. The summed E-state index contributed by atoms with van der Waals surface area (Å²) in [5.74, 6) is 0. The maximum Gasteiger partial charge on any atom is 0.0767 e. The highest BCUT2D eigenvalue weighted by Gasteiger charge is 2.12. The van der Waals surface area contributed by atoms with E-state index in [2.05, 4.69) is 56.3 Å². The second-order valence-corrected chi connectivity index (χ2v) is 5.84. The van der Waals surface area contributed by atoms with Crippen molar-refractivity contribution in [2.75, 3.05) is 20.3 Å². The van der Waals surface area contributed by atoms with Crippen molar-refractivity contribution in [3.8, 4) is 0 Å². The van der Waals surface area contributed by atoms with Crippen LogP contribution in [0.4, 0.5) is 0 Å². The summed E-state index contributed by atoms with van der Waals surface area (Å²) in [5.41, 5.74) is 3.59. The van der Waals surface area contributed by atoms with E-state index in [1.807, 2.05) is 11.7 Å². The van der Waals surface area contributed by atoms with Crippen LogP contribution in [0.3, 0.4) is 0 Å². The van der Waals surface area contributed by atoms with Crippen LogP contribution >= 0.6 is 15.9 Å². The van der Waals surface area contributed by atoms with Crippen molar-refractivity contribution in [1.82, 2.24) is 19.7 Å². The van der Waals surface area contributed by atoms with Crippen LogP contribution in [-0.2, 0) is 31.3 Å². The molecule has 21 heavy (non-hydrogen) atoms. The van der Waals surface area contributed by atoms with Crippen LogP contribution in [0, 0.1) is 0 Å². The Hall–Kier alpha value is -1.11. The summed E-state index contributed by atoms with van der Waals surface area (Å²) in [7, 11) is 3.71. The van der Waals surface area contributed by atoms with Gasteiger partial charge in [0, 0.05) is 39.6 Å². The fraction of sp³-hybridized carbons (Fsp3) is 0.533. The van der Waals surface area contributed by atoms with Gasteiger partial charge in [-0.3, -0.25) is 4.68 Å². The predicted molar refractivity (Wildman–Crippen MR) is 87.4 cm³/mol. The zero-order chi connectivity index (χ0) is 15.2. The Labute approximate surface area is 134 Å². The molecule has 116 valence electrons. The third-order valence-corrected chi connectivity index (χ3v) is 4.37. The standard InChI is InChI=1S/C15H23BrN4O/c1-4-13-15(16)14(19(2)18-13)11-20-7-5-12(10-20)9-17-6-8-21-3/h5,7,10,17H,4,6,8-9,11H2,1-3H3. The number of methoxy groups -OCH3 is 1. The molecule has 0 spiro atoms. The number of ether oxygens (including phenoxy) is 1. The number of hydrogen-bond acceptors (Lipinski definition) is 3. The van der Waals surface area contributed by atoms with E-state index >= 15 is 0 Å². The molecule has 0 aliphatic rings. The molecule has 0 saturated heterocycles. The van der Waals surface area contributed by atoms with Crippen molar-refractivity contribution in [1.29, 1.82) is 0 Å². The average Bonchev–Trinajstić information content (AvgIpc) is 3.03. The van der Waals surface area contributed by atoms with Gasteiger partial charge in [0.15, 0.2) is 0 Å². The molecule has 0 saturated carbocycles. The van der Waals surface area contributed by atoms with Gasteiger partial charge in [0.2, 0.25) is 0 Å². The molecule has 0 bridgehead atoms. The van der Waals surface area contributed by atoms with Crippen molar-refractivity contribution in [2.24, 2.45) is 7.05 Å². The molecule has 0 aliphatic carbocycles. The first-order chi connectivity index (χ1) is 10.2. The monoisotopic (exact) mass is 354 g/mol. The van der Waals surface area contributed by atoms with Gasteiger partial charge in [-0.25, -0.2) is 0 Å². The number of halogens is 1. The molecule has 0 unspecified atom stereocenters. The molecule has 0 fully saturated rings. The second kappa shape index (κ2) is 7.77. The lowest BCUT2D eigenvalue weighted by Gasteiger charge is -2.05. The van der Waals surface area contributed by atoms with E-state index in [1.54, 1.807) is 7.11 Å². The summed E-state index contributed by atoms with van der Waals surface area (Å²) >= 11 is 3.66. The molecule has 5 nitrogen and oxygen atoms in total. The lowest BCUT2D eigenvalue weighted by molar-refractivity contribution is 0.199. The van der Waals surface area contributed by atoms with Gasteiger partial charge in [-0.1, -0.05) is 6.92 Å². The van der Waals surface area contributed by atoms with E-state index in [0.717, 1.165) is 42.8 Å². The molecule has 6 heteroatoms. The van der Waals surface area contributed by atoms with E-state index in [4.69, 9.17) is 4.74 Å². The Morgan fingerprint density at radius 3 is 2.90 bits per heavy atom. The summed E-state index contributed by atoms with van der Waals surface area (Å²) in [6, 6.07) is 2.14. The zero-order valence-corrected chi connectivity index (χ0v) is 14.5. The smallest absolute Gasteiger partial charge is 0.0767 e. The predicted octanol–water partition coefficient (Wildman–Crippen LogP) is 2.33. The summed E-state index contributed by atoms with van der Waals surface area (Å²) in [4.78, 5) is 0. The third kappa shape index (κ3) is 4.18. The van der Waals surface area contributed by atoms with Gasteiger partial charge in [0.25, 0.3) is 0 Å². The number of nitrogens with zero attached hydrogens (tertiary/aromatic N) is 3. The molecular weight excluding hydrogens is 332 g/mol. The largest absolute Gasteiger partial charge is 0.383 e. The normalized spacial score (nSPS) is 11.2. The Morgan fingerprint density at radius 2 is 2.24 bits per heavy atom. The summed E-state index contributed by atoms with van der Waals surface area (Å²) in [6.45, 7) is 5.42. The van der Waals surface area contributed by atoms with Crippen LogP contribution in [0.1, 0.15) is 23.9 Å². The molecule has 0 atom stereocenters. The Kier molecular flexibility index (Phi) is 6.02. The molecular formula is C15H23BrN4O. The molecule has 2 aromatic heterocycles. The van der Waals surface area contributed by atoms with Crippen LogP contribution < -0.4 is 5.32 Å². The van der Waals surface area contributed by atoms with E-state index in [1.165, 1.54) is 11.3 Å². The third-order valence-electron chi connectivity index (χ3n) is 3.46. The highest BCUT2D eigenvalue weighted by Crippen LogP contribution is 2.22. The molecule has 0 radical (unpaired) electrons. The highest BCUT2D eigenvalue weighted by atomic mass is 79.9. The van der Waals surface area contributed by atoms with Crippen molar-refractivity contribution >= 4 is 15.9 Å². The number of rotatable bonds is 8. The maximum absolute atomic E-state index is 5.02. The van der Waals surface area contributed by atoms with Gasteiger partial charge in [0.05, 0.1) is 29.0 Å². The van der Waals surface area contributed by atoms with Gasteiger partial charge in [-0.2, -0.15) is 5.10 Å². The van der Waals surface area contributed by atoms with Gasteiger partial charge >= 0.3 is 0 Å². The number of nitrogens with one attached hydrogen (secondary N) is 1. The quantitative estimate of drug-likeness (QED) is 0.740. The molecule has 0 aliphatic heterocycles. The van der Waals surface area contributed by atoms with Crippen LogP contribution in [0.25, 0.3) is 0 Å². The number of aryl methyl sites for hydroxylation is 2. The van der Waals surface area contributed by atoms with E-state index in [9.17, 15) is 0 Å². The Balaban J connectivity index is 1.98. The zero-order valence-electron chi connectivity index (χ0n) is 12.9. The first-order valence-electron chi connectivity index (χ1n) is 7.20. The second-order valence-electron chi connectivity index (χ2n) is 5.05. The fourth-order valence-corrected chi connectivity index (χ4v) is 3.01. The summed E-state index contributed by atoms with van der Waals surface area (Å²) < 4.78 is 10.3. The molecule has 0 amide bonds. The van der Waals surface area contributed by atoms with Crippen LogP contribution in [-0.4, -0.2) is 34.6 Å². The van der Waals surface area contributed by atoms with Gasteiger partial charge < -0.3 is 14.6 Å².